The molecule has 5 nitrogen and oxygen atoms in total. The van der Waals surface area contributed by atoms with Crippen LogP contribution in [0.5, 0.6) is 0 Å². The van der Waals surface area contributed by atoms with E-state index in [0.29, 0.717) is 19.5 Å². The number of rotatable bonds is 5. The largest absolute Gasteiger partial charge is 0.326 e. The number of aromatic nitrogens is 4. The molecule has 0 atom stereocenters. The highest BCUT2D eigenvalue weighted by Gasteiger charge is 2.14. The van der Waals surface area contributed by atoms with E-state index in [2.05, 4.69) is 27.9 Å². The number of ketones is 1. The summed E-state index contributed by atoms with van der Waals surface area (Å²) in [5, 5.41) is 5.85. The molecule has 0 aliphatic carbocycles. The molecule has 0 aliphatic heterocycles. The van der Waals surface area contributed by atoms with Crippen molar-refractivity contribution in [2.75, 3.05) is 0 Å². The van der Waals surface area contributed by atoms with Gasteiger partial charge in [0.25, 0.3) is 0 Å². The summed E-state index contributed by atoms with van der Waals surface area (Å²) in [7, 11) is 0. The summed E-state index contributed by atoms with van der Waals surface area (Å²) in [4.78, 5) is 16.3. The van der Waals surface area contributed by atoms with Crippen LogP contribution < -0.4 is 0 Å². The van der Waals surface area contributed by atoms with Crippen LogP contribution in [0.15, 0.2) is 48.5 Å². The van der Waals surface area contributed by atoms with Gasteiger partial charge in [-0.25, -0.2) is 4.98 Å². The maximum absolute atomic E-state index is 11.5. The Labute approximate surface area is 159 Å². The van der Waals surface area contributed by atoms with E-state index in [1.807, 2.05) is 55.8 Å². The zero-order chi connectivity index (χ0) is 19.4. The van der Waals surface area contributed by atoms with Gasteiger partial charge in [-0.1, -0.05) is 44.2 Å². The van der Waals surface area contributed by atoms with Gasteiger partial charge in [-0.15, -0.1) is 0 Å². The van der Waals surface area contributed by atoms with Gasteiger partial charge in [0.1, 0.15) is 11.6 Å². The zero-order valence-electron chi connectivity index (χ0n) is 16.4. The first-order chi connectivity index (χ1) is 13.1. The first-order valence-corrected chi connectivity index (χ1v) is 9.49. The van der Waals surface area contributed by atoms with Gasteiger partial charge in [0, 0.05) is 18.4 Å². The predicted octanol–water partition coefficient (Wildman–Crippen LogP) is 4.75. The van der Waals surface area contributed by atoms with E-state index in [1.165, 1.54) is 0 Å². The average molecular weight is 362 g/mol. The van der Waals surface area contributed by atoms with Crippen molar-refractivity contribution < 1.29 is 4.79 Å². The van der Waals surface area contributed by atoms with Crippen LogP contribution in [0.3, 0.4) is 0 Å². The molecule has 27 heavy (non-hydrogen) atoms. The maximum Gasteiger partial charge on any atom is 0.131 e. The fourth-order valence-electron chi connectivity index (χ4n) is 3.31. The molecule has 0 aliphatic rings. The summed E-state index contributed by atoms with van der Waals surface area (Å²) in [6.07, 6.45) is 0.506. The van der Waals surface area contributed by atoms with Gasteiger partial charge in [0.2, 0.25) is 0 Å². The molecule has 4 aromatic rings. The Morgan fingerprint density at radius 2 is 1.67 bits per heavy atom. The second kappa shape index (κ2) is 8.16. The normalized spacial score (nSPS) is 10.8. The summed E-state index contributed by atoms with van der Waals surface area (Å²) in [6, 6.07) is 16.3. The van der Waals surface area contributed by atoms with Gasteiger partial charge in [0.05, 0.1) is 28.8 Å². The summed E-state index contributed by atoms with van der Waals surface area (Å²) in [5.74, 6) is 1.11. The van der Waals surface area contributed by atoms with E-state index >= 15 is 0 Å². The van der Waals surface area contributed by atoms with Crippen LogP contribution in [0.1, 0.15) is 38.7 Å². The third-order valence-electron chi connectivity index (χ3n) is 4.55. The highest BCUT2D eigenvalue weighted by molar-refractivity contribution is 5.82. The van der Waals surface area contributed by atoms with Crippen molar-refractivity contribution >= 4 is 27.7 Å². The van der Waals surface area contributed by atoms with Crippen molar-refractivity contribution in [3.8, 4) is 0 Å². The first kappa shape index (κ1) is 18.8. The van der Waals surface area contributed by atoms with E-state index in [4.69, 9.17) is 4.98 Å². The molecule has 4 rings (SSSR count). The second-order valence-corrected chi connectivity index (χ2v) is 6.38. The molecular weight excluding hydrogens is 336 g/mol. The van der Waals surface area contributed by atoms with Crippen LogP contribution in [-0.4, -0.2) is 25.1 Å². The number of benzene rings is 2. The molecule has 0 saturated heterocycles. The highest BCUT2D eigenvalue weighted by Crippen LogP contribution is 2.21. The predicted molar refractivity (Wildman–Crippen MR) is 110 cm³/mol. The Kier molecular flexibility index (Phi) is 5.69. The number of hydrogen-bond acceptors (Lipinski definition) is 3. The number of para-hydroxylation sites is 3. The Bertz CT molecular complexity index is 1070. The molecule has 5 heteroatoms. The second-order valence-electron chi connectivity index (χ2n) is 6.38. The zero-order valence-corrected chi connectivity index (χ0v) is 16.4. The Balaban J connectivity index is 0.00000102. The summed E-state index contributed by atoms with van der Waals surface area (Å²) >= 11 is 0. The number of nitrogens with zero attached hydrogens (tertiary/aromatic N) is 4. The molecule has 0 amide bonds. The van der Waals surface area contributed by atoms with Gasteiger partial charge in [-0.2, -0.15) is 5.10 Å². The smallest absolute Gasteiger partial charge is 0.131 e. The molecule has 140 valence electrons. The van der Waals surface area contributed by atoms with Crippen LogP contribution in [0.4, 0.5) is 0 Å². The van der Waals surface area contributed by atoms with Gasteiger partial charge < -0.3 is 4.57 Å². The maximum atomic E-state index is 11.5. The number of aryl methyl sites for hydroxylation is 2. The number of carbonyl (C=O) groups excluding carboxylic acids is 1. The fourth-order valence-corrected chi connectivity index (χ4v) is 3.31. The minimum absolute atomic E-state index is 0.184. The van der Waals surface area contributed by atoms with Crippen molar-refractivity contribution in [2.24, 2.45) is 0 Å². The molecule has 0 radical (unpaired) electrons. The molecule has 0 saturated carbocycles. The van der Waals surface area contributed by atoms with E-state index in [1.54, 1.807) is 6.92 Å². The SMILES string of the molecule is CC.CC(=O)CCn1c(Cn2nc(C)c3ccccc32)nc2ccccc21. The lowest BCUT2D eigenvalue weighted by Crippen LogP contribution is -2.11. The van der Waals surface area contributed by atoms with E-state index < -0.39 is 0 Å². The molecule has 0 bridgehead atoms. The molecular formula is C22H26N4O. The average Bonchev–Trinajstić information content (AvgIpc) is 3.19. The van der Waals surface area contributed by atoms with Gasteiger partial charge in [0.15, 0.2) is 0 Å². The third kappa shape index (κ3) is 3.77. The number of hydrogen-bond donors (Lipinski definition) is 0. The summed E-state index contributed by atoms with van der Waals surface area (Å²) < 4.78 is 4.14. The fraction of sp³-hybridized carbons (Fsp3) is 0.318. The number of imidazole rings is 1. The summed E-state index contributed by atoms with van der Waals surface area (Å²) in [6.45, 7) is 8.88. The first-order valence-electron chi connectivity index (χ1n) is 9.49. The van der Waals surface area contributed by atoms with Gasteiger partial charge in [-0.05, 0) is 32.0 Å². The lowest BCUT2D eigenvalue weighted by molar-refractivity contribution is -0.117. The van der Waals surface area contributed by atoms with E-state index in [-0.39, 0.29) is 5.78 Å². The molecule has 2 aromatic carbocycles. The molecule has 2 heterocycles. The quantitative estimate of drug-likeness (QED) is 0.515. The van der Waals surface area contributed by atoms with Crippen LogP contribution in [0.2, 0.25) is 0 Å². The number of Topliss-reactive ketones (excluding diaryl/α,β-unsaturated/α-hetero) is 1. The minimum Gasteiger partial charge on any atom is -0.326 e. The standard InChI is InChI=1S/C20H20N4O.C2H6/c1-14(25)11-12-23-19-10-6-4-8-17(19)21-20(23)13-24-18-9-5-3-7-16(18)15(2)22-24;1-2/h3-10H,11-13H2,1-2H3;1-2H3. The Morgan fingerprint density at radius 3 is 2.41 bits per heavy atom. The molecule has 2 aromatic heterocycles. The molecule has 0 fully saturated rings. The van der Waals surface area contributed by atoms with Gasteiger partial charge in [-0.3, -0.25) is 9.48 Å². The molecule has 0 unspecified atom stereocenters. The van der Waals surface area contributed by atoms with E-state index in [9.17, 15) is 4.79 Å². The Hall–Kier alpha value is -2.95. The van der Waals surface area contributed by atoms with Crippen LogP contribution in [-0.2, 0) is 17.9 Å². The minimum atomic E-state index is 0.184. The van der Waals surface area contributed by atoms with Crippen molar-refractivity contribution in [1.82, 2.24) is 19.3 Å². The van der Waals surface area contributed by atoms with Crippen molar-refractivity contribution in [3.05, 3.63) is 60.0 Å². The van der Waals surface area contributed by atoms with E-state index in [0.717, 1.165) is 33.5 Å². The van der Waals surface area contributed by atoms with Crippen molar-refractivity contribution in [2.45, 2.75) is 47.2 Å². The topological polar surface area (TPSA) is 52.7 Å². The lowest BCUT2D eigenvalue weighted by Gasteiger charge is -2.09. The van der Waals surface area contributed by atoms with Gasteiger partial charge >= 0.3 is 0 Å². The number of fused-ring (bicyclic) bond motifs is 2. The van der Waals surface area contributed by atoms with Crippen LogP contribution in [0, 0.1) is 6.92 Å². The van der Waals surface area contributed by atoms with Crippen LogP contribution in [0.25, 0.3) is 21.9 Å². The Morgan fingerprint density at radius 1 is 1.00 bits per heavy atom. The highest BCUT2D eigenvalue weighted by atomic mass is 16.1. The van der Waals surface area contributed by atoms with Crippen LogP contribution >= 0.6 is 0 Å². The number of carbonyl (C=O) groups is 1. The monoisotopic (exact) mass is 362 g/mol. The van der Waals surface area contributed by atoms with Crippen molar-refractivity contribution in [3.63, 3.8) is 0 Å². The summed E-state index contributed by atoms with van der Waals surface area (Å²) in [5.41, 5.74) is 4.13. The lowest BCUT2D eigenvalue weighted by atomic mass is 10.2. The van der Waals surface area contributed by atoms with Crippen molar-refractivity contribution in [1.29, 1.82) is 0 Å². The molecule has 0 N–H and O–H groups in total. The third-order valence-corrected chi connectivity index (χ3v) is 4.55. The molecule has 0 spiro atoms.